The van der Waals surface area contributed by atoms with Gasteiger partial charge in [-0.15, -0.1) is 0 Å². The summed E-state index contributed by atoms with van der Waals surface area (Å²) in [7, 11) is 3.69. The molecule has 0 aliphatic rings. The van der Waals surface area contributed by atoms with Crippen LogP contribution in [-0.4, -0.2) is 36.1 Å². The van der Waals surface area contributed by atoms with Crippen LogP contribution in [0.25, 0.3) is 0 Å². The molecule has 2 aromatic carbocycles. The van der Waals surface area contributed by atoms with Gasteiger partial charge < -0.3 is 4.90 Å². The Labute approximate surface area is 145 Å². The van der Waals surface area contributed by atoms with Gasteiger partial charge in [0.2, 0.25) is 0 Å². The average Bonchev–Trinajstić information content (AvgIpc) is 2.53. The minimum absolute atomic E-state index is 0.0167. The van der Waals surface area contributed by atoms with E-state index in [1.165, 1.54) is 12.1 Å². The van der Waals surface area contributed by atoms with E-state index >= 15 is 0 Å². The summed E-state index contributed by atoms with van der Waals surface area (Å²) >= 11 is 6.23. The Morgan fingerprint density at radius 2 is 1.88 bits per heavy atom. The van der Waals surface area contributed by atoms with Crippen molar-refractivity contribution in [3.63, 3.8) is 0 Å². The third kappa shape index (κ3) is 4.63. The molecule has 2 aromatic rings. The normalized spacial score (nSPS) is 11.8. The maximum Gasteiger partial charge on any atom is 0.269 e. The van der Waals surface area contributed by atoms with Crippen molar-refractivity contribution >= 4 is 35.1 Å². The van der Waals surface area contributed by atoms with Crippen LogP contribution in [0.1, 0.15) is 11.1 Å². The summed E-state index contributed by atoms with van der Waals surface area (Å²) in [4.78, 5) is 21.0. The van der Waals surface area contributed by atoms with Crippen LogP contribution in [0.4, 0.5) is 11.4 Å². The van der Waals surface area contributed by atoms with E-state index in [2.05, 4.69) is 9.98 Å². The molecule has 0 saturated carbocycles. The molecule has 0 unspecified atom stereocenters. The molecule has 6 nitrogen and oxygen atoms in total. The predicted molar refractivity (Wildman–Crippen MR) is 97.7 cm³/mol. The molecule has 2 rings (SSSR count). The molecule has 0 bridgehead atoms. The molecule has 24 heavy (non-hydrogen) atoms. The highest BCUT2D eigenvalue weighted by Crippen LogP contribution is 2.27. The third-order valence-corrected chi connectivity index (χ3v) is 3.38. The maximum absolute atomic E-state index is 10.8. The van der Waals surface area contributed by atoms with Crippen molar-refractivity contribution in [2.24, 2.45) is 9.98 Å². The molecule has 0 fully saturated rings. The molecule has 0 atom stereocenters. The third-order valence-electron chi connectivity index (χ3n) is 3.08. The van der Waals surface area contributed by atoms with Crippen LogP contribution in [0.5, 0.6) is 0 Å². The lowest BCUT2D eigenvalue weighted by Crippen LogP contribution is -2.10. The van der Waals surface area contributed by atoms with E-state index in [1.807, 2.05) is 39.2 Å². The monoisotopic (exact) mass is 344 g/mol. The van der Waals surface area contributed by atoms with Gasteiger partial charge >= 0.3 is 0 Å². The van der Waals surface area contributed by atoms with E-state index in [-0.39, 0.29) is 5.69 Å². The molecule has 0 amide bonds. The smallest absolute Gasteiger partial charge is 0.269 e. The molecule has 124 valence electrons. The fourth-order valence-corrected chi connectivity index (χ4v) is 2.16. The number of non-ortho nitro benzene ring substituents is 1. The van der Waals surface area contributed by atoms with E-state index in [9.17, 15) is 10.1 Å². The molecular weight excluding hydrogens is 328 g/mol. The van der Waals surface area contributed by atoms with Crippen LogP contribution in [0.2, 0.25) is 5.02 Å². The highest BCUT2D eigenvalue weighted by Gasteiger charge is 2.09. The number of rotatable bonds is 4. The summed E-state index contributed by atoms with van der Waals surface area (Å²) < 4.78 is 0. The fourth-order valence-electron chi connectivity index (χ4n) is 1.89. The number of amidine groups is 1. The van der Waals surface area contributed by atoms with Crippen molar-refractivity contribution in [2.45, 2.75) is 6.92 Å². The van der Waals surface area contributed by atoms with Gasteiger partial charge in [-0.25, -0.2) is 9.98 Å². The summed E-state index contributed by atoms with van der Waals surface area (Å²) in [6.45, 7) is 1.95. The van der Waals surface area contributed by atoms with E-state index in [1.54, 1.807) is 23.4 Å². The van der Waals surface area contributed by atoms with Crippen LogP contribution in [-0.2, 0) is 0 Å². The standard InChI is InChI=1S/C17H17ClN4O2/c1-12-4-9-16(15(18)10-12)20-17(19-11-21(2)3)13-5-7-14(8-6-13)22(23)24/h4-11H,1-3H3. The maximum atomic E-state index is 10.8. The first-order valence-electron chi connectivity index (χ1n) is 7.17. The number of nitrogens with zero attached hydrogens (tertiary/aromatic N) is 4. The van der Waals surface area contributed by atoms with Crippen molar-refractivity contribution in [1.82, 2.24) is 4.90 Å². The van der Waals surface area contributed by atoms with E-state index < -0.39 is 4.92 Å². The van der Waals surface area contributed by atoms with Gasteiger partial charge in [0.15, 0.2) is 5.84 Å². The van der Waals surface area contributed by atoms with E-state index in [0.717, 1.165) is 5.56 Å². The molecular formula is C17H17ClN4O2. The highest BCUT2D eigenvalue weighted by atomic mass is 35.5. The first-order chi connectivity index (χ1) is 11.4. The average molecular weight is 345 g/mol. The molecule has 0 heterocycles. The Morgan fingerprint density at radius 3 is 2.42 bits per heavy atom. The lowest BCUT2D eigenvalue weighted by atomic mass is 10.2. The van der Waals surface area contributed by atoms with Crippen LogP contribution in [0.3, 0.4) is 0 Å². The second kappa shape index (κ2) is 7.70. The largest absolute Gasteiger partial charge is 0.369 e. The van der Waals surface area contributed by atoms with Crippen molar-refractivity contribution in [3.05, 3.63) is 68.7 Å². The van der Waals surface area contributed by atoms with E-state index in [0.29, 0.717) is 22.1 Å². The summed E-state index contributed by atoms with van der Waals surface area (Å²) in [5, 5.41) is 11.3. The van der Waals surface area contributed by atoms with Crippen LogP contribution in [0.15, 0.2) is 52.4 Å². The second-order valence-electron chi connectivity index (χ2n) is 5.40. The van der Waals surface area contributed by atoms with Crippen molar-refractivity contribution in [2.75, 3.05) is 14.1 Å². The summed E-state index contributed by atoms with van der Waals surface area (Å²) in [6, 6.07) is 11.6. The van der Waals surface area contributed by atoms with E-state index in [4.69, 9.17) is 11.6 Å². The number of nitro benzene ring substituents is 1. The number of hydrogen-bond donors (Lipinski definition) is 0. The summed E-state index contributed by atoms with van der Waals surface area (Å²) in [5.41, 5.74) is 2.30. The zero-order valence-corrected chi connectivity index (χ0v) is 14.4. The topological polar surface area (TPSA) is 71.1 Å². The Bertz CT molecular complexity index is 799. The predicted octanol–water partition coefficient (Wildman–Crippen LogP) is 4.22. The Morgan fingerprint density at radius 1 is 1.21 bits per heavy atom. The lowest BCUT2D eigenvalue weighted by Gasteiger charge is -2.06. The minimum Gasteiger partial charge on any atom is -0.369 e. The first kappa shape index (κ1) is 17.6. The number of aliphatic imine (C=N–C) groups is 2. The van der Waals surface area contributed by atoms with Gasteiger partial charge in [0.25, 0.3) is 5.69 Å². The molecule has 0 aromatic heterocycles. The summed E-state index contributed by atoms with van der Waals surface area (Å²) in [5.74, 6) is 0.421. The highest BCUT2D eigenvalue weighted by molar-refractivity contribution is 6.33. The molecule has 7 heteroatoms. The molecule has 0 radical (unpaired) electrons. The molecule has 0 saturated heterocycles. The second-order valence-corrected chi connectivity index (χ2v) is 5.81. The van der Waals surface area contributed by atoms with Gasteiger partial charge in [-0.1, -0.05) is 17.7 Å². The van der Waals surface area contributed by atoms with Gasteiger partial charge in [-0.3, -0.25) is 10.1 Å². The van der Waals surface area contributed by atoms with Crippen molar-refractivity contribution in [1.29, 1.82) is 0 Å². The van der Waals surface area contributed by atoms with Crippen LogP contribution >= 0.6 is 11.6 Å². The SMILES string of the molecule is Cc1ccc(N=C(N=CN(C)C)c2ccc([N+](=O)[O-])cc2)c(Cl)c1. The Kier molecular flexibility index (Phi) is 5.65. The van der Waals surface area contributed by atoms with Crippen molar-refractivity contribution in [3.8, 4) is 0 Å². The number of hydrogen-bond acceptors (Lipinski definition) is 3. The van der Waals surface area contributed by atoms with Crippen molar-refractivity contribution < 1.29 is 4.92 Å². The fraction of sp³-hybridized carbons (Fsp3) is 0.176. The van der Waals surface area contributed by atoms with Gasteiger partial charge in [0.05, 0.1) is 22.0 Å². The zero-order chi connectivity index (χ0) is 17.7. The number of halogens is 1. The minimum atomic E-state index is -0.444. The lowest BCUT2D eigenvalue weighted by molar-refractivity contribution is -0.384. The van der Waals surface area contributed by atoms with Gasteiger partial charge in [0, 0.05) is 31.8 Å². The summed E-state index contributed by atoms with van der Waals surface area (Å²) in [6.07, 6.45) is 1.61. The number of benzene rings is 2. The van der Waals surface area contributed by atoms with Crippen LogP contribution in [0, 0.1) is 17.0 Å². The van der Waals surface area contributed by atoms with Gasteiger partial charge in [-0.05, 0) is 36.8 Å². The molecule has 0 aliphatic heterocycles. The zero-order valence-electron chi connectivity index (χ0n) is 13.6. The number of nitro groups is 1. The molecule has 0 spiro atoms. The van der Waals surface area contributed by atoms with Gasteiger partial charge in [-0.2, -0.15) is 0 Å². The first-order valence-corrected chi connectivity index (χ1v) is 7.55. The van der Waals surface area contributed by atoms with Gasteiger partial charge in [0.1, 0.15) is 0 Å². The molecule has 0 aliphatic carbocycles. The number of aryl methyl sites for hydroxylation is 1. The van der Waals surface area contributed by atoms with Crippen LogP contribution < -0.4 is 0 Å². The Hall–Kier alpha value is -2.73. The molecule has 0 N–H and O–H groups in total. The quantitative estimate of drug-likeness (QED) is 0.361. The Balaban J connectivity index is 2.47.